The quantitative estimate of drug-likeness (QED) is 0.185. The maximum atomic E-state index is 15.1. The fraction of sp³-hybridized carbons (Fsp3) is 0.267. The molecule has 1 unspecified atom stereocenters. The Hall–Kier alpha value is -3.72. The van der Waals surface area contributed by atoms with E-state index >= 15 is 13.2 Å². The molecule has 39 heavy (non-hydrogen) atoms. The number of hydrogen-bond acceptors (Lipinski definition) is 1. The van der Waals surface area contributed by atoms with Crippen molar-refractivity contribution in [2.45, 2.75) is 49.6 Å². The summed E-state index contributed by atoms with van der Waals surface area (Å²) in [6.45, 7) is 2.59. The minimum Gasteiger partial charge on any atom is -0.380 e. The summed E-state index contributed by atoms with van der Waals surface area (Å²) in [5, 5.41) is 13.1. The van der Waals surface area contributed by atoms with Gasteiger partial charge in [-0.3, -0.25) is 0 Å². The molecule has 9 heteroatoms. The largest absolute Gasteiger partial charge is 0.418 e. The molecular weight excluding hydrogens is 518 g/mol. The van der Waals surface area contributed by atoms with Crippen LogP contribution >= 0.6 is 0 Å². The van der Waals surface area contributed by atoms with E-state index < -0.39 is 41.3 Å². The highest BCUT2D eigenvalue weighted by Crippen LogP contribution is 2.52. The monoisotopic (exact) mass is 544 g/mol. The summed E-state index contributed by atoms with van der Waals surface area (Å²) in [7, 11) is 0. The second-order valence-electron chi connectivity index (χ2n) is 10.6. The summed E-state index contributed by atoms with van der Waals surface area (Å²) in [6.07, 6.45) is -11.0. The van der Waals surface area contributed by atoms with E-state index in [1.54, 1.807) is 60.7 Å². The molecule has 0 aliphatic rings. The van der Waals surface area contributed by atoms with Crippen LogP contribution in [0.5, 0.6) is 0 Å². The van der Waals surface area contributed by atoms with E-state index in [0.29, 0.717) is 21.8 Å². The first-order valence-corrected chi connectivity index (χ1v) is 12.3. The smallest absolute Gasteiger partial charge is 0.380 e. The Bertz CT molecular complexity index is 1490. The number of para-hydroxylation sites is 2. The highest BCUT2D eigenvalue weighted by atomic mass is 19.4. The molecule has 5 rings (SSSR count). The lowest BCUT2D eigenvalue weighted by Gasteiger charge is -2.42. The van der Waals surface area contributed by atoms with Crippen LogP contribution in [-0.2, 0) is 11.6 Å². The van der Waals surface area contributed by atoms with Crippen molar-refractivity contribution in [3.05, 3.63) is 107 Å². The fourth-order valence-corrected chi connectivity index (χ4v) is 5.64. The molecule has 3 aromatic carbocycles. The molecule has 0 saturated carbocycles. The van der Waals surface area contributed by atoms with Crippen LogP contribution in [-0.4, -0.2) is 26.9 Å². The number of fused-ring (bicyclic) bond motifs is 2. The Labute approximate surface area is 220 Å². The Morgan fingerprint density at radius 3 is 1.54 bits per heavy atom. The minimum absolute atomic E-state index is 0.0856. The predicted octanol–water partition coefficient (Wildman–Crippen LogP) is 8.46. The summed E-state index contributed by atoms with van der Waals surface area (Å²) >= 11 is 0. The highest BCUT2D eigenvalue weighted by molar-refractivity contribution is 5.82. The lowest BCUT2D eigenvalue weighted by atomic mass is 9.68. The molecule has 0 fully saturated rings. The van der Waals surface area contributed by atoms with E-state index in [4.69, 9.17) is 0 Å². The van der Waals surface area contributed by atoms with Crippen molar-refractivity contribution in [1.82, 2.24) is 9.97 Å². The molecule has 5 aromatic rings. The van der Waals surface area contributed by atoms with E-state index in [0.717, 1.165) is 6.07 Å². The molecule has 2 aromatic heterocycles. The third-order valence-corrected chi connectivity index (χ3v) is 7.37. The Morgan fingerprint density at radius 2 is 1.10 bits per heavy atom. The van der Waals surface area contributed by atoms with Crippen molar-refractivity contribution >= 4 is 21.8 Å². The summed E-state index contributed by atoms with van der Waals surface area (Å²) in [6, 6.07) is 21.4. The van der Waals surface area contributed by atoms with Crippen LogP contribution in [0.3, 0.4) is 0 Å². The van der Waals surface area contributed by atoms with Crippen LogP contribution < -0.4 is 0 Å². The Morgan fingerprint density at radius 1 is 0.667 bits per heavy atom. The van der Waals surface area contributed by atoms with E-state index in [1.807, 2.05) is 0 Å². The van der Waals surface area contributed by atoms with Crippen LogP contribution in [0.15, 0.2) is 84.9 Å². The van der Waals surface area contributed by atoms with Gasteiger partial charge in [0.2, 0.25) is 0 Å². The number of aromatic nitrogens is 2. The van der Waals surface area contributed by atoms with Gasteiger partial charge < -0.3 is 15.1 Å². The van der Waals surface area contributed by atoms with Gasteiger partial charge in [-0.15, -0.1) is 0 Å². The lowest BCUT2D eigenvalue weighted by Crippen LogP contribution is -2.54. The molecule has 2 heterocycles. The number of benzene rings is 3. The van der Waals surface area contributed by atoms with Crippen molar-refractivity contribution in [3.63, 3.8) is 0 Å². The topological polar surface area (TPSA) is 51.8 Å². The first kappa shape index (κ1) is 26.9. The number of H-pyrrole nitrogens is 2. The van der Waals surface area contributed by atoms with Gasteiger partial charge in [-0.25, -0.2) is 0 Å². The van der Waals surface area contributed by atoms with Gasteiger partial charge in [0.1, 0.15) is 0 Å². The SMILES string of the molecule is CC(C)(CC(O)(C(c1cc2ccccc2[nH]1)c1cc2ccccc2[nH]1)C(F)(F)F)c1ccccc1C(F)(F)F. The first-order valence-electron chi connectivity index (χ1n) is 12.3. The van der Waals surface area contributed by atoms with E-state index in [-0.39, 0.29) is 17.0 Å². The zero-order valence-electron chi connectivity index (χ0n) is 21.1. The third-order valence-electron chi connectivity index (χ3n) is 7.37. The number of alkyl halides is 6. The molecule has 0 bridgehead atoms. The molecule has 0 aliphatic heterocycles. The lowest BCUT2D eigenvalue weighted by molar-refractivity contribution is -0.272. The first-order chi connectivity index (χ1) is 18.2. The van der Waals surface area contributed by atoms with Gasteiger partial charge in [0.25, 0.3) is 0 Å². The second-order valence-corrected chi connectivity index (χ2v) is 10.6. The van der Waals surface area contributed by atoms with Gasteiger partial charge >= 0.3 is 12.4 Å². The Kier molecular flexibility index (Phi) is 6.33. The van der Waals surface area contributed by atoms with Crippen molar-refractivity contribution in [2.24, 2.45) is 0 Å². The van der Waals surface area contributed by atoms with E-state index in [9.17, 15) is 18.3 Å². The average molecular weight is 545 g/mol. The molecule has 0 amide bonds. The molecule has 0 radical (unpaired) electrons. The average Bonchev–Trinajstić information content (AvgIpc) is 3.46. The number of halogens is 6. The van der Waals surface area contributed by atoms with Gasteiger partial charge in [0, 0.05) is 22.4 Å². The van der Waals surface area contributed by atoms with Crippen LogP contribution in [0.4, 0.5) is 26.3 Å². The van der Waals surface area contributed by atoms with Gasteiger partial charge in [-0.1, -0.05) is 68.4 Å². The summed E-state index contributed by atoms with van der Waals surface area (Å²) in [5.41, 5.74) is -5.24. The van der Waals surface area contributed by atoms with Crippen molar-refractivity contribution < 1.29 is 31.4 Å². The molecule has 0 spiro atoms. The number of aliphatic hydroxyl groups is 1. The van der Waals surface area contributed by atoms with Gasteiger partial charge in [-0.2, -0.15) is 26.3 Å². The van der Waals surface area contributed by atoms with Crippen LogP contribution in [0.1, 0.15) is 48.7 Å². The summed E-state index contributed by atoms with van der Waals surface area (Å²) < 4.78 is 87.0. The number of hydrogen-bond donors (Lipinski definition) is 3. The van der Waals surface area contributed by atoms with Crippen molar-refractivity contribution in [2.75, 3.05) is 0 Å². The fourth-order valence-electron chi connectivity index (χ4n) is 5.64. The maximum Gasteiger partial charge on any atom is 0.418 e. The maximum absolute atomic E-state index is 15.1. The zero-order chi connectivity index (χ0) is 28.2. The highest BCUT2D eigenvalue weighted by Gasteiger charge is 2.62. The standard InChI is InChI=1S/C30H26F6N2O/c1-27(2,20-11-5-6-12-21(20)29(31,32)33)17-28(39,30(34,35)36)26(24-15-18-9-3-7-13-22(18)37-24)25-16-19-10-4-8-14-23(19)38-25/h3-16,26,37-39H,17H2,1-2H3. The summed E-state index contributed by atoms with van der Waals surface area (Å²) in [4.78, 5) is 6.03. The zero-order valence-corrected chi connectivity index (χ0v) is 21.1. The molecule has 3 nitrogen and oxygen atoms in total. The molecular formula is C30H26F6N2O. The third kappa shape index (κ3) is 4.80. The molecule has 3 N–H and O–H groups in total. The van der Waals surface area contributed by atoms with Crippen LogP contribution in [0, 0.1) is 0 Å². The predicted molar refractivity (Wildman–Crippen MR) is 139 cm³/mol. The molecule has 0 saturated heterocycles. The van der Waals surface area contributed by atoms with Gasteiger partial charge in [0.05, 0.1) is 11.5 Å². The summed E-state index contributed by atoms with van der Waals surface area (Å²) in [5.74, 6) is -1.70. The molecule has 0 aliphatic carbocycles. The normalized spacial score (nSPS) is 14.8. The Balaban J connectivity index is 1.73. The number of nitrogens with one attached hydrogen (secondary N) is 2. The van der Waals surface area contributed by atoms with E-state index in [2.05, 4.69) is 9.97 Å². The number of rotatable bonds is 6. The van der Waals surface area contributed by atoms with Crippen LogP contribution in [0.25, 0.3) is 21.8 Å². The number of aromatic amines is 2. The molecule has 204 valence electrons. The molecule has 1 atom stereocenters. The van der Waals surface area contributed by atoms with Gasteiger partial charge in [0.15, 0.2) is 5.60 Å². The van der Waals surface area contributed by atoms with E-state index in [1.165, 1.54) is 32.0 Å². The second kappa shape index (κ2) is 9.19. The van der Waals surface area contributed by atoms with Gasteiger partial charge in [-0.05, 0) is 58.5 Å². The minimum atomic E-state index is -5.21. The van der Waals surface area contributed by atoms with Crippen LogP contribution in [0.2, 0.25) is 0 Å². The van der Waals surface area contributed by atoms with Crippen molar-refractivity contribution in [3.8, 4) is 0 Å². The van der Waals surface area contributed by atoms with Crippen molar-refractivity contribution in [1.29, 1.82) is 0 Å².